The Balaban J connectivity index is 1.68. The van der Waals surface area contributed by atoms with Crippen molar-refractivity contribution in [2.45, 2.75) is 26.8 Å². The van der Waals surface area contributed by atoms with Crippen molar-refractivity contribution in [2.75, 3.05) is 12.0 Å². The predicted octanol–water partition coefficient (Wildman–Crippen LogP) is 5.29. The Kier molecular flexibility index (Phi) is 5.36. The molecule has 4 aromatic rings. The second-order valence-corrected chi connectivity index (χ2v) is 7.94. The SMILES string of the molecule is COc1ccc(CC(=O)N(Cc2ccco2)c2nc3c(C)ccc(C)c3s2)cc1. The van der Waals surface area contributed by atoms with Gasteiger partial charge in [-0.3, -0.25) is 9.69 Å². The molecule has 0 unspecified atom stereocenters. The van der Waals surface area contributed by atoms with Crippen LogP contribution in [0.2, 0.25) is 0 Å². The largest absolute Gasteiger partial charge is 0.497 e. The summed E-state index contributed by atoms with van der Waals surface area (Å²) in [6.45, 7) is 4.46. The van der Waals surface area contributed by atoms with E-state index in [1.54, 1.807) is 29.6 Å². The Hall–Kier alpha value is -3.12. The predicted molar refractivity (Wildman–Crippen MR) is 116 cm³/mol. The first-order valence-electron chi connectivity index (χ1n) is 9.37. The number of rotatable bonds is 6. The van der Waals surface area contributed by atoms with Crippen molar-refractivity contribution >= 4 is 32.6 Å². The van der Waals surface area contributed by atoms with E-state index in [1.165, 1.54) is 0 Å². The number of anilines is 1. The van der Waals surface area contributed by atoms with Gasteiger partial charge < -0.3 is 9.15 Å². The molecule has 6 heteroatoms. The number of aromatic nitrogens is 1. The summed E-state index contributed by atoms with van der Waals surface area (Å²) in [7, 11) is 1.63. The molecule has 2 aromatic carbocycles. The number of hydrogen-bond donors (Lipinski definition) is 0. The number of aryl methyl sites for hydroxylation is 2. The molecule has 0 bridgehead atoms. The van der Waals surface area contributed by atoms with E-state index in [0.29, 0.717) is 11.7 Å². The van der Waals surface area contributed by atoms with Gasteiger partial charge in [0.1, 0.15) is 11.5 Å². The van der Waals surface area contributed by atoms with Crippen LogP contribution in [0.1, 0.15) is 22.5 Å². The van der Waals surface area contributed by atoms with Crippen LogP contribution in [0.3, 0.4) is 0 Å². The lowest BCUT2D eigenvalue weighted by Crippen LogP contribution is -2.31. The van der Waals surface area contributed by atoms with E-state index in [9.17, 15) is 4.79 Å². The molecule has 0 spiro atoms. The molecule has 0 radical (unpaired) electrons. The topological polar surface area (TPSA) is 55.6 Å². The number of fused-ring (bicyclic) bond motifs is 1. The molecule has 0 aliphatic heterocycles. The number of carbonyl (C=O) groups excluding carboxylic acids is 1. The second kappa shape index (κ2) is 8.09. The Morgan fingerprint density at radius 1 is 1.10 bits per heavy atom. The van der Waals surface area contributed by atoms with Crippen molar-refractivity contribution in [3.05, 3.63) is 77.2 Å². The average Bonchev–Trinajstić information content (AvgIpc) is 3.40. The summed E-state index contributed by atoms with van der Waals surface area (Å²) in [5.41, 5.74) is 4.14. The molecule has 0 saturated heterocycles. The summed E-state index contributed by atoms with van der Waals surface area (Å²) in [6, 6.07) is 15.4. The van der Waals surface area contributed by atoms with Gasteiger partial charge in [0, 0.05) is 0 Å². The van der Waals surface area contributed by atoms with Crippen molar-refractivity contribution in [1.29, 1.82) is 0 Å². The van der Waals surface area contributed by atoms with Crippen LogP contribution in [0.25, 0.3) is 10.2 Å². The average molecular weight is 407 g/mol. The van der Waals surface area contributed by atoms with Gasteiger partial charge in [-0.15, -0.1) is 0 Å². The second-order valence-electron chi connectivity index (χ2n) is 6.96. The van der Waals surface area contributed by atoms with Gasteiger partial charge in [0.2, 0.25) is 5.91 Å². The number of methoxy groups -OCH3 is 1. The van der Waals surface area contributed by atoms with Gasteiger partial charge in [-0.2, -0.15) is 0 Å². The highest BCUT2D eigenvalue weighted by Crippen LogP contribution is 2.34. The molecule has 5 nitrogen and oxygen atoms in total. The minimum Gasteiger partial charge on any atom is -0.497 e. The Bertz CT molecular complexity index is 1090. The van der Waals surface area contributed by atoms with E-state index >= 15 is 0 Å². The zero-order valence-corrected chi connectivity index (χ0v) is 17.5. The van der Waals surface area contributed by atoms with Crippen LogP contribution in [0.15, 0.2) is 59.2 Å². The number of hydrogen-bond acceptors (Lipinski definition) is 5. The first kappa shape index (κ1) is 19.2. The molecule has 0 N–H and O–H groups in total. The zero-order chi connectivity index (χ0) is 20.4. The normalized spacial score (nSPS) is 11.0. The fourth-order valence-corrected chi connectivity index (χ4v) is 4.33. The standard InChI is InChI=1S/C23H22N2O3S/c1-15-6-7-16(2)22-21(15)24-23(29-22)25(14-19-5-4-12-28-19)20(26)13-17-8-10-18(27-3)11-9-17/h4-12H,13-14H2,1-3H3. The molecule has 0 fully saturated rings. The Morgan fingerprint density at radius 3 is 2.52 bits per heavy atom. The molecule has 2 aromatic heterocycles. The van der Waals surface area contributed by atoms with E-state index in [-0.39, 0.29) is 12.3 Å². The minimum absolute atomic E-state index is 0.0269. The molecule has 148 valence electrons. The summed E-state index contributed by atoms with van der Waals surface area (Å²) in [5.74, 6) is 1.47. The summed E-state index contributed by atoms with van der Waals surface area (Å²) >= 11 is 1.55. The number of thiazole rings is 1. The fraction of sp³-hybridized carbons (Fsp3) is 0.217. The van der Waals surface area contributed by atoms with Gasteiger partial charge in [-0.25, -0.2) is 4.98 Å². The van der Waals surface area contributed by atoms with Crippen molar-refractivity contribution in [3.63, 3.8) is 0 Å². The number of benzene rings is 2. The van der Waals surface area contributed by atoms with Crippen molar-refractivity contribution < 1.29 is 13.9 Å². The molecule has 2 heterocycles. The first-order valence-corrected chi connectivity index (χ1v) is 10.2. The fourth-order valence-electron chi connectivity index (χ4n) is 3.20. The summed E-state index contributed by atoms with van der Waals surface area (Å²) in [4.78, 5) is 19.8. The van der Waals surface area contributed by atoms with E-state index in [0.717, 1.165) is 38.4 Å². The Morgan fingerprint density at radius 2 is 1.86 bits per heavy atom. The molecular weight excluding hydrogens is 384 g/mol. The molecule has 29 heavy (non-hydrogen) atoms. The number of carbonyl (C=O) groups is 1. The molecule has 0 saturated carbocycles. The van der Waals surface area contributed by atoms with Gasteiger partial charge in [-0.1, -0.05) is 35.6 Å². The van der Waals surface area contributed by atoms with Crippen LogP contribution >= 0.6 is 11.3 Å². The number of furan rings is 1. The lowest BCUT2D eigenvalue weighted by molar-refractivity contribution is -0.118. The van der Waals surface area contributed by atoms with Crippen molar-refractivity contribution in [2.24, 2.45) is 0 Å². The van der Waals surface area contributed by atoms with Gasteiger partial charge in [-0.05, 0) is 54.8 Å². The summed E-state index contributed by atoms with van der Waals surface area (Å²) in [5, 5.41) is 0.687. The van der Waals surface area contributed by atoms with Crippen LogP contribution in [0.5, 0.6) is 5.75 Å². The third-order valence-electron chi connectivity index (χ3n) is 4.87. The summed E-state index contributed by atoms with van der Waals surface area (Å²) in [6.07, 6.45) is 1.90. The third-order valence-corrected chi connectivity index (χ3v) is 6.08. The number of nitrogens with zero attached hydrogens (tertiary/aromatic N) is 2. The smallest absolute Gasteiger partial charge is 0.233 e. The lowest BCUT2D eigenvalue weighted by Gasteiger charge is -2.19. The summed E-state index contributed by atoms with van der Waals surface area (Å²) < 4.78 is 11.8. The van der Waals surface area contributed by atoms with Gasteiger partial charge >= 0.3 is 0 Å². The maximum atomic E-state index is 13.3. The van der Waals surface area contributed by atoms with E-state index < -0.39 is 0 Å². The first-order chi connectivity index (χ1) is 14.0. The quantitative estimate of drug-likeness (QED) is 0.436. The third kappa shape index (κ3) is 4.03. The van der Waals surface area contributed by atoms with Gasteiger partial charge in [0.25, 0.3) is 0 Å². The molecule has 4 rings (SSSR count). The van der Waals surface area contributed by atoms with Crippen LogP contribution < -0.4 is 9.64 Å². The highest BCUT2D eigenvalue weighted by molar-refractivity contribution is 7.22. The molecular formula is C23H22N2O3S. The minimum atomic E-state index is -0.0269. The van der Waals surface area contributed by atoms with E-state index in [2.05, 4.69) is 19.1 Å². The monoisotopic (exact) mass is 406 g/mol. The molecule has 0 aliphatic rings. The maximum Gasteiger partial charge on any atom is 0.233 e. The van der Waals surface area contributed by atoms with Crippen LogP contribution in [0.4, 0.5) is 5.13 Å². The lowest BCUT2D eigenvalue weighted by atomic mass is 10.1. The highest BCUT2D eigenvalue weighted by atomic mass is 32.1. The van der Waals surface area contributed by atoms with Gasteiger partial charge in [0.05, 0.1) is 36.6 Å². The van der Waals surface area contributed by atoms with Gasteiger partial charge in [0.15, 0.2) is 5.13 Å². The van der Waals surface area contributed by atoms with Crippen LogP contribution in [-0.4, -0.2) is 18.0 Å². The van der Waals surface area contributed by atoms with E-state index in [1.807, 2.05) is 43.3 Å². The number of ether oxygens (including phenoxy) is 1. The Labute approximate surface area is 173 Å². The molecule has 1 amide bonds. The van der Waals surface area contributed by atoms with Crippen molar-refractivity contribution in [1.82, 2.24) is 4.98 Å². The van der Waals surface area contributed by atoms with Crippen LogP contribution in [0, 0.1) is 13.8 Å². The van der Waals surface area contributed by atoms with Crippen LogP contribution in [-0.2, 0) is 17.8 Å². The van der Waals surface area contributed by atoms with E-state index in [4.69, 9.17) is 14.1 Å². The van der Waals surface area contributed by atoms with Crippen molar-refractivity contribution in [3.8, 4) is 5.75 Å². The number of amides is 1. The zero-order valence-electron chi connectivity index (χ0n) is 16.6. The molecule has 0 atom stereocenters. The maximum absolute atomic E-state index is 13.3. The highest BCUT2D eigenvalue weighted by Gasteiger charge is 2.22. The molecule has 0 aliphatic carbocycles.